The van der Waals surface area contributed by atoms with Crippen molar-refractivity contribution in [3.05, 3.63) is 33.9 Å². The zero-order valence-electron chi connectivity index (χ0n) is 12.6. The minimum absolute atomic E-state index is 0.141. The van der Waals surface area contributed by atoms with Gasteiger partial charge in [-0.05, 0) is 38.2 Å². The minimum Gasteiger partial charge on any atom is -0.508 e. The summed E-state index contributed by atoms with van der Waals surface area (Å²) in [7, 11) is 0. The van der Waals surface area contributed by atoms with Crippen LogP contribution in [0.1, 0.15) is 49.4 Å². The molecule has 1 amide bonds. The van der Waals surface area contributed by atoms with Crippen LogP contribution in [0.5, 0.6) is 5.75 Å². The molecule has 1 heterocycles. The third-order valence-corrected chi connectivity index (χ3v) is 4.94. The SMILES string of the molecule is CC1CC2CCCCC2N1C(=O)c1cc(O)cc([N+](=O)[O-])c1. The molecule has 2 fully saturated rings. The molecule has 0 bridgehead atoms. The molecule has 1 aliphatic heterocycles. The number of rotatable bonds is 2. The van der Waals surface area contributed by atoms with Gasteiger partial charge in [0.1, 0.15) is 5.75 Å². The molecule has 3 unspecified atom stereocenters. The van der Waals surface area contributed by atoms with E-state index in [4.69, 9.17) is 0 Å². The van der Waals surface area contributed by atoms with E-state index in [1.54, 1.807) is 0 Å². The highest BCUT2D eigenvalue weighted by Gasteiger charge is 2.42. The van der Waals surface area contributed by atoms with Gasteiger partial charge in [0.15, 0.2) is 0 Å². The van der Waals surface area contributed by atoms with Crippen LogP contribution in [-0.4, -0.2) is 32.9 Å². The zero-order valence-corrected chi connectivity index (χ0v) is 12.6. The molecule has 0 spiro atoms. The standard InChI is InChI=1S/C16H20N2O4/c1-10-6-11-4-2-3-5-15(11)17(10)16(20)12-7-13(18(21)22)9-14(19)8-12/h7-11,15,19H,2-6H2,1H3. The third kappa shape index (κ3) is 2.53. The lowest BCUT2D eigenvalue weighted by atomic mass is 9.85. The normalized spacial score (nSPS) is 27.5. The molecule has 0 aromatic heterocycles. The van der Waals surface area contributed by atoms with E-state index in [1.165, 1.54) is 18.6 Å². The number of carbonyl (C=O) groups excluding carboxylic acids is 1. The van der Waals surface area contributed by atoms with Gasteiger partial charge < -0.3 is 10.0 Å². The summed E-state index contributed by atoms with van der Waals surface area (Å²) in [5.41, 5.74) is -0.0554. The van der Waals surface area contributed by atoms with Crippen molar-refractivity contribution in [1.29, 1.82) is 0 Å². The molecule has 1 saturated heterocycles. The van der Waals surface area contributed by atoms with Gasteiger partial charge in [-0.25, -0.2) is 0 Å². The van der Waals surface area contributed by atoms with Gasteiger partial charge in [0.05, 0.1) is 16.6 Å². The number of nitro benzene ring substituents is 1. The molecule has 6 heteroatoms. The number of likely N-dealkylation sites (tertiary alicyclic amines) is 1. The van der Waals surface area contributed by atoms with Crippen molar-refractivity contribution in [2.24, 2.45) is 5.92 Å². The van der Waals surface area contributed by atoms with Gasteiger partial charge in [-0.1, -0.05) is 12.8 Å². The monoisotopic (exact) mass is 304 g/mol. The number of nitro groups is 1. The van der Waals surface area contributed by atoms with Gasteiger partial charge in [0, 0.05) is 18.2 Å². The van der Waals surface area contributed by atoms with Gasteiger partial charge in [0.2, 0.25) is 0 Å². The van der Waals surface area contributed by atoms with Crippen molar-refractivity contribution < 1.29 is 14.8 Å². The summed E-state index contributed by atoms with van der Waals surface area (Å²) >= 11 is 0. The number of hydrogen-bond donors (Lipinski definition) is 1. The Morgan fingerprint density at radius 1 is 1.32 bits per heavy atom. The van der Waals surface area contributed by atoms with E-state index in [9.17, 15) is 20.0 Å². The molecule has 1 N–H and O–H groups in total. The van der Waals surface area contributed by atoms with Crippen LogP contribution in [-0.2, 0) is 0 Å². The summed E-state index contributed by atoms with van der Waals surface area (Å²) in [5.74, 6) is 0.0884. The number of fused-ring (bicyclic) bond motifs is 1. The number of aromatic hydroxyl groups is 1. The number of phenols is 1. The van der Waals surface area contributed by atoms with E-state index in [2.05, 4.69) is 0 Å². The van der Waals surface area contributed by atoms with Crippen molar-refractivity contribution in [3.8, 4) is 5.75 Å². The van der Waals surface area contributed by atoms with Crippen LogP contribution in [0, 0.1) is 16.0 Å². The molecule has 1 aliphatic carbocycles. The van der Waals surface area contributed by atoms with Gasteiger partial charge in [-0.2, -0.15) is 0 Å². The van der Waals surface area contributed by atoms with Crippen LogP contribution in [0.2, 0.25) is 0 Å². The molecule has 1 aromatic rings. The fourth-order valence-corrected chi connectivity index (χ4v) is 4.03. The van der Waals surface area contributed by atoms with E-state index in [-0.39, 0.29) is 35.0 Å². The Balaban J connectivity index is 1.91. The number of hydrogen-bond acceptors (Lipinski definition) is 4. The van der Waals surface area contributed by atoms with Crippen molar-refractivity contribution in [2.75, 3.05) is 0 Å². The summed E-state index contributed by atoms with van der Waals surface area (Å²) in [5, 5.41) is 20.6. The fourth-order valence-electron chi connectivity index (χ4n) is 4.03. The Hall–Kier alpha value is -2.11. The minimum atomic E-state index is -0.590. The summed E-state index contributed by atoms with van der Waals surface area (Å²) in [6.07, 6.45) is 5.49. The van der Waals surface area contributed by atoms with Crippen LogP contribution in [0.3, 0.4) is 0 Å². The van der Waals surface area contributed by atoms with E-state index in [0.29, 0.717) is 5.92 Å². The Kier molecular flexibility index (Phi) is 3.76. The Labute approximate surface area is 128 Å². The second-order valence-electron chi connectivity index (χ2n) is 6.40. The predicted molar refractivity (Wildman–Crippen MR) is 80.8 cm³/mol. The maximum Gasteiger partial charge on any atom is 0.273 e. The van der Waals surface area contributed by atoms with Crippen LogP contribution in [0.15, 0.2) is 18.2 Å². The number of phenolic OH excluding ortho intramolecular Hbond substituents is 1. The van der Waals surface area contributed by atoms with Gasteiger partial charge >= 0.3 is 0 Å². The molecule has 22 heavy (non-hydrogen) atoms. The summed E-state index contributed by atoms with van der Waals surface area (Å²) in [4.78, 5) is 25.0. The molecule has 3 atom stereocenters. The fraction of sp³-hybridized carbons (Fsp3) is 0.562. The van der Waals surface area contributed by atoms with E-state index >= 15 is 0 Å². The lowest BCUT2D eigenvalue weighted by Gasteiger charge is -2.33. The lowest BCUT2D eigenvalue weighted by molar-refractivity contribution is -0.385. The number of nitrogens with zero attached hydrogens (tertiary/aromatic N) is 2. The number of carbonyl (C=O) groups is 1. The molecule has 3 rings (SSSR count). The first-order chi connectivity index (χ1) is 10.5. The van der Waals surface area contributed by atoms with E-state index in [1.807, 2.05) is 11.8 Å². The molecule has 1 aromatic carbocycles. The second kappa shape index (κ2) is 5.59. The van der Waals surface area contributed by atoms with Crippen molar-refractivity contribution in [1.82, 2.24) is 4.90 Å². The van der Waals surface area contributed by atoms with E-state index in [0.717, 1.165) is 31.7 Å². The van der Waals surface area contributed by atoms with E-state index < -0.39 is 4.92 Å². The Bertz CT molecular complexity index is 616. The maximum absolute atomic E-state index is 12.8. The third-order valence-electron chi connectivity index (χ3n) is 4.94. The molecule has 2 aliphatic rings. The average molecular weight is 304 g/mol. The largest absolute Gasteiger partial charge is 0.508 e. The van der Waals surface area contributed by atoms with Gasteiger partial charge in [0.25, 0.3) is 11.6 Å². The van der Waals surface area contributed by atoms with Crippen molar-refractivity contribution in [3.63, 3.8) is 0 Å². The zero-order chi connectivity index (χ0) is 15.9. The Morgan fingerprint density at radius 3 is 2.77 bits per heavy atom. The van der Waals surface area contributed by atoms with Gasteiger partial charge in [-0.3, -0.25) is 14.9 Å². The Morgan fingerprint density at radius 2 is 2.05 bits per heavy atom. The molecular weight excluding hydrogens is 284 g/mol. The lowest BCUT2D eigenvalue weighted by Crippen LogP contribution is -2.42. The smallest absolute Gasteiger partial charge is 0.273 e. The van der Waals surface area contributed by atoms with Gasteiger partial charge in [-0.15, -0.1) is 0 Å². The average Bonchev–Trinajstić information content (AvgIpc) is 2.81. The van der Waals surface area contributed by atoms with Crippen LogP contribution >= 0.6 is 0 Å². The first-order valence-corrected chi connectivity index (χ1v) is 7.78. The summed E-state index contributed by atoms with van der Waals surface area (Å²) in [6.45, 7) is 2.04. The number of non-ortho nitro benzene ring substituents is 1. The van der Waals surface area contributed by atoms with Crippen LogP contribution < -0.4 is 0 Å². The van der Waals surface area contributed by atoms with Crippen molar-refractivity contribution in [2.45, 2.75) is 51.1 Å². The molecule has 1 saturated carbocycles. The quantitative estimate of drug-likeness (QED) is 0.672. The first-order valence-electron chi connectivity index (χ1n) is 7.78. The van der Waals surface area contributed by atoms with Crippen LogP contribution in [0.25, 0.3) is 0 Å². The predicted octanol–water partition coefficient (Wildman–Crippen LogP) is 3.09. The highest BCUT2D eigenvalue weighted by molar-refractivity contribution is 5.96. The highest BCUT2D eigenvalue weighted by atomic mass is 16.6. The number of benzene rings is 1. The molecule has 6 nitrogen and oxygen atoms in total. The summed E-state index contributed by atoms with van der Waals surface area (Å²) < 4.78 is 0. The number of amides is 1. The molecular formula is C16H20N2O4. The second-order valence-corrected chi connectivity index (χ2v) is 6.40. The summed E-state index contributed by atoms with van der Waals surface area (Å²) in [6, 6.07) is 4.01. The molecule has 0 radical (unpaired) electrons. The first kappa shape index (κ1) is 14.8. The topological polar surface area (TPSA) is 83.7 Å². The van der Waals surface area contributed by atoms with Crippen molar-refractivity contribution >= 4 is 11.6 Å². The maximum atomic E-state index is 12.8. The van der Waals surface area contributed by atoms with Crippen LogP contribution in [0.4, 0.5) is 5.69 Å². The highest BCUT2D eigenvalue weighted by Crippen LogP contribution is 2.40. The molecule has 118 valence electrons.